The van der Waals surface area contributed by atoms with E-state index in [-0.39, 0.29) is 29.7 Å². The van der Waals surface area contributed by atoms with Crippen LogP contribution in [-0.2, 0) is 14.3 Å². The molecule has 0 aromatic heterocycles. The van der Waals surface area contributed by atoms with Gasteiger partial charge in [-0.2, -0.15) is 0 Å². The molecule has 1 aliphatic heterocycles. The smallest absolute Gasteiger partial charge is 0.135 e. The Bertz CT molecular complexity index is 260. The number of ketones is 2. The van der Waals surface area contributed by atoms with Gasteiger partial charge in [-0.25, -0.2) is 0 Å². The summed E-state index contributed by atoms with van der Waals surface area (Å²) in [7, 11) is 0. The zero-order chi connectivity index (χ0) is 12.1. The highest BCUT2D eigenvalue weighted by molar-refractivity contribution is 5.79. The first-order valence-electron chi connectivity index (χ1n) is 6.22. The molecule has 3 atom stereocenters. The molecule has 0 saturated carbocycles. The van der Waals surface area contributed by atoms with Gasteiger partial charge in [0.1, 0.15) is 11.6 Å². The molecule has 0 radical (unpaired) electrons. The van der Waals surface area contributed by atoms with Gasteiger partial charge in [0.05, 0.1) is 12.2 Å². The Labute approximate surface area is 97.5 Å². The lowest BCUT2D eigenvalue weighted by Gasteiger charge is -2.32. The minimum Gasteiger partial charge on any atom is -0.374 e. The second-order valence-corrected chi connectivity index (χ2v) is 4.72. The molecule has 0 aliphatic carbocycles. The zero-order valence-electron chi connectivity index (χ0n) is 10.5. The molecule has 0 spiro atoms. The lowest BCUT2D eigenvalue weighted by Crippen LogP contribution is -2.35. The molecule has 0 aromatic rings. The van der Waals surface area contributed by atoms with Crippen LogP contribution in [0.15, 0.2) is 0 Å². The van der Waals surface area contributed by atoms with Crippen molar-refractivity contribution in [3.63, 3.8) is 0 Å². The number of hydrogen-bond donors (Lipinski definition) is 0. The van der Waals surface area contributed by atoms with Gasteiger partial charge in [0.2, 0.25) is 0 Å². The normalized spacial score (nSPS) is 27.4. The minimum absolute atomic E-state index is 0.0147. The highest BCUT2D eigenvalue weighted by atomic mass is 16.5. The lowest BCUT2D eigenvalue weighted by molar-refractivity contribution is -0.135. The number of carbonyl (C=O) groups excluding carboxylic acids is 2. The summed E-state index contributed by atoms with van der Waals surface area (Å²) in [5.74, 6) is 0.383. The van der Waals surface area contributed by atoms with Crippen molar-refractivity contribution in [3.8, 4) is 0 Å². The molecule has 3 unspecified atom stereocenters. The van der Waals surface area contributed by atoms with Gasteiger partial charge in [0, 0.05) is 18.8 Å². The monoisotopic (exact) mass is 226 g/mol. The molecule has 16 heavy (non-hydrogen) atoms. The molecule has 0 amide bonds. The first-order valence-corrected chi connectivity index (χ1v) is 6.22. The maximum atomic E-state index is 11.3. The van der Waals surface area contributed by atoms with Gasteiger partial charge in [-0.05, 0) is 26.2 Å². The Morgan fingerprint density at radius 3 is 2.62 bits per heavy atom. The summed E-state index contributed by atoms with van der Waals surface area (Å²) in [5, 5.41) is 0. The van der Waals surface area contributed by atoms with E-state index in [0.29, 0.717) is 12.8 Å². The Morgan fingerprint density at radius 1 is 1.38 bits per heavy atom. The van der Waals surface area contributed by atoms with E-state index in [1.165, 1.54) is 0 Å². The van der Waals surface area contributed by atoms with Crippen LogP contribution >= 0.6 is 0 Å². The largest absolute Gasteiger partial charge is 0.374 e. The van der Waals surface area contributed by atoms with E-state index in [9.17, 15) is 9.59 Å². The van der Waals surface area contributed by atoms with Crippen molar-refractivity contribution in [2.45, 2.75) is 65.1 Å². The van der Waals surface area contributed by atoms with Crippen molar-refractivity contribution in [2.75, 3.05) is 0 Å². The molecule has 0 aromatic carbocycles. The average molecular weight is 226 g/mol. The maximum absolute atomic E-state index is 11.3. The number of carbonyl (C=O) groups is 2. The van der Waals surface area contributed by atoms with Crippen LogP contribution < -0.4 is 0 Å². The molecule has 1 heterocycles. The van der Waals surface area contributed by atoms with Gasteiger partial charge in [0.25, 0.3) is 0 Å². The molecule has 1 fully saturated rings. The van der Waals surface area contributed by atoms with E-state index in [1.807, 2.05) is 13.8 Å². The third-order valence-electron chi connectivity index (χ3n) is 3.43. The molecule has 1 saturated heterocycles. The molecule has 3 nitrogen and oxygen atoms in total. The molecular formula is C13H22O3. The fourth-order valence-corrected chi connectivity index (χ4v) is 2.11. The van der Waals surface area contributed by atoms with Crippen LogP contribution in [0.25, 0.3) is 0 Å². The maximum Gasteiger partial charge on any atom is 0.135 e. The summed E-state index contributed by atoms with van der Waals surface area (Å²) in [4.78, 5) is 22.6. The molecule has 92 valence electrons. The fraction of sp³-hybridized carbons (Fsp3) is 0.846. The molecule has 0 bridgehead atoms. The number of ether oxygens (including phenoxy) is 1. The quantitative estimate of drug-likeness (QED) is 0.723. The van der Waals surface area contributed by atoms with Crippen LogP contribution in [0.3, 0.4) is 0 Å². The van der Waals surface area contributed by atoms with Gasteiger partial charge >= 0.3 is 0 Å². The Kier molecular flexibility index (Phi) is 5.13. The van der Waals surface area contributed by atoms with Crippen LogP contribution in [0.5, 0.6) is 0 Å². The standard InChI is InChI=1S/C13H22O3/c1-4-11(15)8-12-6-5-7-13(16-12)9(2)10(3)14/h9,12-13H,4-8H2,1-3H3. The minimum atomic E-state index is -0.0421. The first-order chi connectivity index (χ1) is 7.54. The third-order valence-corrected chi connectivity index (χ3v) is 3.43. The Balaban J connectivity index is 2.47. The molecule has 3 heteroatoms. The molecule has 0 N–H and O–H groups in total. The van der Waals surface area contributed by atoms with E-state index >= 15 is 0 Å². The summed E-state index contributed by atoms with van der Waals surface area (Å²) in [6.45, 7) is 5.40. The topological polar surface area (TPSA) is 43.4 Å². The van der Waals surface area contributed by atoms with Gasteiger partial charge < -0.3 is 4.74 Å². The summed E-state index contributed by atoms with van der Waals surface area (Å²) in [6, 6.07) is 0. The summed E-state index contributed by atoms with van der Waals surface area (Å²) >= 11 is 0. The SMILES string of the molecule is CCC(=O)CC1CCCC(C(C)C(C)=O)O1. The van der Waals surface area contributed by atoms with Crippen LogP contribution in [-0.4, -0.2) is 23.8 Å². The van der Waals surface area contributed by atoms with Gasteiger partial charge in [0.15, 0.2) is 0 Å². The Morgan fingerprint density at radius 2 is 2.06 bits per heavy atom. The fourth-order valence-electron chi connectivity index (χ4n) is 2.11. The van der Waals surface area contributed by atoms with Crippen molar-refractivity contribution in [1.29, 1.82) is 0 Å². The summed E-state index contributed by atoms with van der Waals surface area (Å²) in [6.07, 6.45) is 4.09. The van der Waals surface area contributed by atoms with Gasteiger partial charge in [-0.1, -0.05) is 13.8 Å². The van der Waals surface area contributed by atoms with Crippen LogP contribution in [0.4, 0.5) is 0 Å². The van der Waals surface area contributed by atoms with Crippen molar-refractivity contribution in [1.82, 2.24) is 0 Å². The van der Waals surface area contributed by atoms with Crippen LogP contribution in [0.2, 0.25) is 0 Å². The van der Waals surface area contributed by atoms with Crippen molar-refractivity contribution in [2.24, 2.45) is 5.92 Å². The first kappa shape index (κ1) is 13.4. The molecule has 1 aliphatic rings. The second kappa shape index (κ2) is 6.14. The van der Waals surface area contributed by atoms with Crippen molar-refractivity contribution in [3.05, 3.63) is 0 Å². The summed E-state index contributed by atoms with van der Waals surface area (Å²) in [5.41, 5.74) is 0. The van der Waals surface area contributed by atoms with E-state index < -0.39 is 0 Å². The van der Waals surface area contributed by atoms with E-state index in [0.717, 1.165) is 19.3 Å². The highest BCUT2D eigenvalue weighted by Gasteiger charge is 2.29. The molecular weight excluding hydrogens is 204 g/mol. The number of hydrogen-bond acceptors (Lipinski definition) is 3. The lowest BCUT2D eigenvalue weighted by atomic mass is 9.91. The predicted octanol–water partition coefficient (Wildman–Crippen LogP) is 2.52. The number of rotatable bonds is 5. The predicted molar refractivity (Wildman–Crippen MR) is 62.3 cm³/mol. The van der Waals surface area contributed by atoms with Crippen molar-refractivity contribution < 1.29 is 14.3 Å². The van der Waals surface area contributed by atoms with E-state index in [2.05, 4.69) is 0 Å². The van der Waals surface area contributed by atoms with E-state index in [1.54, 1.807) is 6.92 Å². The molecule has 1 rings (SSSR count). The zero-order valence-corrected chi connectivity index (χ0v) is 10.5. The second-order valence-electron chi connectivity index (χ2n) is 4.72. The van der Waals surface area contributed by atoms with Gasteiger partial charge in [-0.15, -0.1) is 0 Å². The van der Waals surface area contributed by atoms with E-state index in [4.69, 9.17) is 4.74 Å². The third kappa shape index (κ3) is 3.71. The number of Topliss-reactive ketones (excluding diaryl/α,β-unsaturated/α-hetero) is 2. The highest BCUT2D eigenvalue weighted by Crippen LogP contribution is 2.26. The van der Waals surface area contributed by atoms with Crippen LogP contribution in [0, 0.1) is 5.92 Å². The van der Waals surface area contributed by atoms with Gasteiger partial charge in [-0.3, -0.25) is 9.59 Å². The average Bonchev–Trinajstić information content (AvgIpc) is 2.28. The van der Waals surface area contributed by atoms with Crippen molar-refractivity contribution >= 4 is 11.6 Å². The summed E-state index contributed by atoms with van der Waals surface area (Å²) < 4.78 is 5.84. The van der Waals surface area contributed by atoms with Crippen LogP contribution in [0.1, 0.15) is 52.9 Å². The Hall–Kier alpha value is -0.700.